The number of methoxy groups -OCH3 is 1. The molecule has 0 radical (unpaired) electrons. The van der Waals surface area contributed by atoms with Crippen LogP contribution in [-0.4, -0.2) is 43.7 Å². The van der Waals surface area contributed by atoms with Crippen LogP contribution in [-0.2, 0) is 9.53 Å². The van der Waals surface area contributed by atoms with E-state index >= 15 is 0 Å². The van der Waals surface area contributed by atoms with Crippen LogP contribution < -0.4 is 5.73 Å². The van der Waals surface area contributed by atoms with Gasteiger partial charge < -0.3 is 15.4 Å². The molecule has 0 heterocycles. The van der Waals surface area contributed by atoms with E-state index in [4.69, 9.17) is 15.7 Å². The lowest BCUT2D eigenvalue weighted by Crippen LogP contribution is -2.38. The first kappa shape index (κ1) is 15.9. The van der Waals surface area contributed by atoms with Gasteiger partial charge in [0.25, 0.3) is 0 Å². The maximum atomic E-state index is 11.9. The second-order valence-electron chi connectivity index (χ2n) is 4.03. The highest BCUT2D eigenvalue weighted by Crippen LogP contribution is 2.03. The molecule has 5 heteroatoms. The number of amides is 1. The van der Waals surface area contributed by atoms with Crippen molar-refractivity contribution in [2.75, 3.05) is 26.8 Å². The summed E-state index contributed by atoms with van der Waals surface area (Å²) in [5, 5.41) is 8.54. The van der Waals surface area contributed by atoms with E-state index in [1.54, 1.807) is 12.0 Å². The molecule has 0 aromatic heterocycles. The van der Waals surface area contributed by atoms with E-state index in [1.807, 2.05) is 13.0 Å². The summed E-state index contributed by atoms with van der Waals surface area (Å²) in [5.41, 5.74) is 5.84. The van der Waals surface area contributed by atoms with E-state index < -0.39 is 0 Å². The van der Waals surface area contributed by atoms with Crippen molar-refractivity contribution in [1.29, 1.82) is 5.26 Å². The molecule has 0 aromatic carbocycles. The number of nitriles is 1. The van der Waals surface area contributed by atoms with Gasteiger partial charge in [-0.3, -0.25) is 4.79 Å². The van der Waals surface area contributed by atoms with Crippen molar-refractivity contribution in [3.63, 3.8) is 0 Å². The fraction of sp³-hybridized carbons (Fsp3) is 0.833. The summed E-state index contributed by atoms with van der Waals surface area (Å²) in [6, 6.07) is 1.96. The number of carbonyl (C=O) groups excluding carboxylic acids is 1. The van der Waals surface area contributed by atoms with Crippen LogP contribution >= 0.6 is 0 Å². The summed E-state index contributed by atoms with van der Waals surface area (Å²) in [7, 11) is 1.59. The predicted octanol–water partition coefficient (Wildman–Crippen LogP) is 0.893. The molecule has 1 amide bonds. The summed E-state index contributed by atoms with van der Waals surface area (Å²) in [6.07, 6.45) is 2.52. The fourth-order valence-corrected chi connectivity index (χ4v) is 1.57. The van der Waals surface area contributed by atoms with Gasteiger partial charge in [0.2, 0.25) is 5.91 Å². The smallest absolute Gasteiger partial charge is 0.224 e. The van der Waals surface area contributed by atoms with Gasteiger partial charge in [-0.15, -0.1) is 0 Å². The lowest BCUT2D eigenvalue weighted by molar-refractivity contribution is -0.132. The molecule has 0 spiro atoms. The highest BCUT2D eigenvalue weighted by atomic mass is 16.5. The van der Waals surface area contributed by atoms with Gasteiger partial charge in [-0.1, -0.05) is 13.3 Å². The van der Waals surface area contributed by atoms with Crippen molar-refractivity contribution in [3.8, 4) is 6.07 Å². The third-order valence-electron chi connectivity index (χ3n) is 2.51. The van der Waals surface area contributed by atoms with Crippen LogP contribution in [0.15, 0.2) is 0 Å². The Kier molecular flexibility index (Phi) is 9.40. The fourth-order valence-electron chi connectivity index (χ4n) is 1.57. The Hall–Kier alpha value is -1.12. The maximum Gasteiger partial charge on any atom is 0.224 e. The van der Waals surface area contributed by atoms with Crippen LogP contribution in [0.4, 0.5) is 0 Å². The molecule has 0 fully saturated rings. The lowest BCUT2D eigenvalue weighted by atomic mass is 10.1. The number of carbonyl (C=O) groups is 1. The van der Waals surface area contributed by atoms with Gasteiger partial charge in [0.05, 0.1) is 19.1 Å². The Bertz CT molecular complexity index is 251. The van der Waals surface area contributed by atoms with Crippen molar-refractivity contribution >= 4 is 5.91 Å². The molecule has 0 rings (SSSR count). The zero-order valence-electron chi connectivity index (χ0n) is 10.8. The van der Waals surface area contributed by atoms with Crippen LogP contribution in [0, 0.1) is 11.3 Å². The van der Waals surface area contributed by atoms with E-state index in [1.165, 1.54) is 0 Å². The van der Waals surface area contributed by atoms with Gasteiger partial charge in [-0.2, -0.15) is 5.26 Å². The first-order valence-electron chi connectivity index (χ1n) is 6.04. The van der Waals surface area contributed by atoms with Crippen LogP contribution in [0.2, 0.25) is 0 Å². The Labute approximate surface area is 104 Å². The third-order valence-corrected chi connectivity index (χ3v) is 2.51. The zero-order valence-corrected chi connectivity index (χ0v) is 10.8. The molecular formula is C12H23N3O2. The van der Waals surface area contributed by atoms with E-state index in [9.17, 15) is 4.79 Å². The minimum atomic E-state index is -0.0837. The predicted molar refractivity (Wildman–Crippen MR) is 66.2 cm³/mol. The molecule has 0 aliphatic carbocycles. The number of nitrogens with two attached hydrogens (primary N) is 1. The van der Waals surface area contributed by atoms with Crippen molar-refractivity contribution in [1.82, 2.24) is 4.90 Å². The molecule has 0 bridgehead atoms. The molecule has 0 saturated carbocycles. The summed E-state index contributed by atoms with van der Waals surface area (Å²) < 4.78 is 4.95. The van der Waals surface area contributed by atoms with Crippen molar-refractivity contribution in [3.05, 3.63) is 0 Å². The van der Waals surface area contributed by atoms with E-state index in [0.717, 1.165) is 12.8 Å². The Morgan fingerprint density at radius 3 is 2.76 bits per heavy atom. The summed E-state index contributed by atoms with van der Waals surface area (Å²) in [6.45, 7) is 3.51. The van der Waals surface area contributed by atoms with Gasteiger partial charge in [0.15, 0.2) is 0 Å². The molecular weight excluding hydrogens is 218 g/mol. The van der Waals surface area contributed by atoms with Crippen molar-refractivity contribution in [2.45, 2.75) is 38.6 Å². The molecule has 0 aliphatic heterocycles. The minimum absolute atomic E-state index is 0.0123. The topological polar surface area (TPSA) is 79.4 Å². The highest BCUT2D eigenvalue weighted by molar-refractivity contribution is 5.76. The number of hydrogen-bond acceptors (Lipinski definition) is 4. The first-order chi connectivity index (χ1) is 8.15. The van der Waals surface area contributed by atoms with Gasteiger partial charge in [0.1, 0.15) is 0 Å². The van der Waals surface area contributed by atoms with Gasteiger partial charge in [-0.25, -0.2) is 0 Å². The van der Waals surface area contributed by atoms with Crippen molar-refractivity contribution in [2.24, 2.45) is 5.73 Å². The third kappa shape index (κ3) is 7.72. The van der Waals surface area contributed by atoms with Crippen molar-refractivity contribution < 1.29 is 9.53 Å². The average Bonchev–Trinajstić information content (AvgIpc) is 2.29. The molecule has 2 N–H and O–H groups in total. The molecule has 0 aromatic rings. The average molecular weight is 241 g/mol. The second kappa shape index (κ2) is 10.1. The molecule has 1 unspecified atom stereocenters. The van der Waals surface area contributed by atoms with E-state index in [0.29, 0.717) is 32.5 Å². The van der Waals surface area contributed by atoms with Gasteiger partial charge in [0, 0.05) is 32.7 Å². The van der Waals surface area contributed by atoms with Crippen LogP contribution in [0.5, 0.6) is 0 Å². The molecule has 1 atom stereocenters. The minimum Gasteiger partial charge on any atom is -0.383 e. The first-order valence-corrected chi connectivity index (χ1v) is 6.04. The molecule has 98 valence electrons. The monoisotopic (exact) mass is 241 g/mol. The van der Waals surface area contributed by atoms with E-state index in [-0.39, 0.29) is 11.9 Å². The van der Waals surface area contributed by atoms with Crippen LogP contribution in [0.25, 0.3) is 0 Å². The second-order valence-corrected chi connectivity index (χ2v) is 4.03. The summed E-state index contributed by atoms with van der Waals surface area (Å²) >= 11 is 0. The van der Waals surface area contributed by atoms with Crippen LogP contribution in [0.1, 0.15) is 32.6 Å². The number of hydrogen-bond donors (Lipinski definition) is 1. The molecule has 17 heavy (non-hydrogen) atoms. The Balaban J connectivity index is 4.16. The summed E-state index contributed by atoms with van der Waals surface area (Å²) in [4.78, 5) is 13.6. The molecule has 0 aliphatic rings. The highest BCUT2D eigenvalue weighted by Gasteiger charge is 2.15. The van der Waals surface area contributed by atoms with E-state index in [2.05, 4.69) is 0 Å². The number of rotatable bonds is 9. The van der Waals surface area contributed by atoms with Gasteiger partial charge >= 0.3 is 0 Å². The van der Waals surface area contributed by atoms with Crippen LogP contribution in [0.3, 0.4) is 0 Å². The standard InChI is InChI=1S/C12H23N3O2/c1-3-5-11(14)10-12(16)15(7-4-6-13)8-9-17-2/h11H,3-5,7-10,14H2,1-2H3. The van der Waals surface area contributed by atoms with Gasteiger partial charge in [-0.05, 0) is 6.42 Å². The zero-order chi connectivity index (χ0) is 13.1. The normalized spacial score (nSPS) is 11.9. The lowest BCUT2D eigenvalue weighted by Gasteiger charge is -2.22. The Morgan fingerprint density at radius 1 is 1.53 bits per heavy atom. The summed E-state index contributed by atoms with van der Waals surface area (Å²) in [5.74, 6) is 0.0123. The maximum absolute atomic E-state index is 11.9. The quantitative estimate of drug-likeness (QED) is 0.650. The SMILES string of the molecule is CCCC(N)CC(=O)N(CCC#N)CCOC. The molecule has 0 saturated heterocycles. The Morgan fingerprint density at radius 2 is 2.24 bits per heavy atom. The molecule has 5 nitrogen and oxygen atoms in total. The largest absolute Gasteiger partial charge is 0.383 e. The number of ether oxygens (including phenoxy) is 1. The number of nitrogens with zero attached hydrogens (tertiary/aromatic N) is 2.